The summed E-state index contributed by atoms with van der Waals surface area (Å²) in [5.74, 6) is -0.0879. The molecule has 0 amide bonds. The summed E-state index contributed by atoms with van der Waals surface area (Å²) in [5.41, 5.74) is 0. The van der Waals surface area contributed by atoms with E-state index in [0.29, 0.717) is 18.1 Å². The fraction of sp³-hybridized carbons (Fsp3) is 0.714. The molecule has 104 valence electrons. The van der Waals surface area contributed by atoms with Gasteiger partial charge in [-0.25, -0.2) is 0 Å². The third-order valence-corrected chi connectivity index (χ3v) is 3.04. The molecule has 0 aliphatic rings. The molecule has 1 aromatic heterocycles. The molecule has 0 aromatic carbocycles. The van der Waals surface area contributed by atoms with Gasteiger partial charge in [0.1, 0.15) is 5.76 Å². The van der Waals surface area contributed by atoms with Crippen molar-refractivity contribution >= 4 is 0 Å². The minimum Gasteiger partial charge on any atom is -0.457 e. The molecule has 4 heteroatoms. The Hall–Kier alpha value is -0.930. The molecule has 0 N–H and O–H groups in total. The number of alkyl halides is 3. The molecule has 0 bridgehead atoms. The van der Waals surface area contributed by atoms with Crippen LogP contribution in [-0.4, -0.2) is 0 Å². The van der Waals surface area contributed by atoms with Crippen molar-refractivity contribution in [1.82, 2.24) is 0 Å². The van der Waals surface area contributed by atoms with Crippen molar-refractivity contribution in [3.8, 4) is 0 Å². The van der Waals surface area contributed by atoms with Gasteiger partial charge in [0.05, 0.1) is 0 Å². The summed E-state index contributed by atoms with van der Waals surface area (Å²) in [5, 5.41) is 0. The SMILES string of the molecule is CCCCCCC(C)Cc1ccc(C(F)(F)F)o1. The molecule has 1 heterocycles. The second-order valence-electron chi connectivity index (χ2n) is 4.92. The Morgan fingerprint density at radius 3 is 2.44 bits per heavy atom. The summed E-state index contributed by atoms with van der Waals surface area (Å²) < 4.78 is 41.8. The second-order valence-corrected chi connectivity index (χ2v) is 4.92. The van der Waals surface area contributed by atoms with Gasteiger partial charge < -0.3 is 4.42 Å². The largest absolute Gasteiger partial charge is 0.457 e. The van der Waals surface area contributed by atoms with Crippen molar-refractivity contribution in [2.45, 2.75) is 58.5 Å². The lowest BCUT2D eigenvalue weighted by Crippen LogP contribution is -2.03. The maximum absolute atomic E-state index is 12.3. The first kappa shape index (κ1) is 15.1. The topological polar surface area (TPSA) is 13.1 Å². The van der Waals surface area contributed by atoms with Gasteiger partial charge in [-0.3, -0.25) is 0 Å². The maximum atomic E-state index is 12.3. The number of unbranched alkanes of at least 4 members (excludes halogenated alkanes) is 3. The first-order valence-corrected chi connectivity index (χ1v) is 6.59. The molecule has 1 nitrogen and oxygen atoms in total. The van der Waals surface area contributed by atoms with Crippen LogP contribution in [0.3, 0.4) is 0 Å². The van der Waals surface area contributed by atoms with E-state index in [1.54, 1.807) is 0 Å². The molecular weight excluding hydrogens is 241 g/mol. The Morgan fingerprint density at radius 2 is 1.89 bits per heavy atom. The molecule has 18 heavy (non-hydrogen) atoms. The quantitative estimate of drug-likeness (QED) is 0.596. The van der Waals surface area contributed by atoms with Crippen LogP contribution in [0, 0.1) is 5.92 Å². The normalized spacial score (nSPS) is 13.8. The molecule has 1 aromatic rings. The van der Waals surface area contributed by atoms with Crippen LogP contribution < -0.4 is 0 Å². The van der Waals surface area contributed by atoms with Crippen LogP contribution in [0.4, 0.5) is 13.2 Å². The van der Waals surface area contributed by atoms with E-state index in [9.17, 15) is 13.2 Å². The van der Waals surface area contributed by atoms with Gasteiger partial charge in [-0.15, -0.1) is 0 Å². The summed E-state index contributed by atoms with van der Waals surface area (Å²) in [4.78, 5) is 0. The summed E-state index contributed by atoms with van der Waals surface area (Å²) in [6.45, 7) is 4.21. The van der Waals surface area contributed by atoms with E-state index >= 15 is 0 Å². The van der Waals surface area contributed by atoms with Crippen LogP contribution in [0.15, 0.2) is 16.5 Å². The molecule has 1 atom stereocenters. The van der Waals surface area contributed by atoms with E-state index in [4.69, 9.17) is 4.42 Å². The highest BCUT2D eigenvalue weighted by molar-refractivity contribution is 5.10. The summed E-state index contributed by atoms with van der Waals surface area (Å²) in [6, 6.07) is 2.45. The smallest absolute Gasteiger partial charge is 0.449 e. The third-order valence-electron chi connectivity index (χ3n) is 3.04. The Morgan fingerprint density at radius 1 is 1.17 bits per heavy atom. The molecule has 0 fully saturated rings. The highest BCUT2D eigenvalue weighted by Gasteiger charge is 2.34. The molecule has 0 radical (unpaired) electrons. The lowest BCUT2D eigenvalue weighted by molar-refractivity contribution is -0.153. The van der Waals surface area contributed by atoms with Crippen molar-refractivity contribution in [2.75, 3.05) is 0 Å². The fourth-order valence-electron chi connectivity index (χ4n) is 2.01. The zero-order chi connectivity index (χ0) is 13.6. The van der Waals surface area contributed by atoms with Crippen LogP contribution in [0.1, 0.15) is 57.5 Å². The first-order chi connectivity index (χ1) is 8.43. The predicted molar refractivity (Wildman–Crippen MR) is 65.3 cm³/mol. The Labute approximate surface area is 106 Å². The van der Waals surface area contributed by atoms with E-state index in [1.807, 2.05) is 0 Å². The van der Waals surface area contributed by atoms with Gasteiger partial charge in [-0.2, -0.15) is 13.2 Å². The molecule has 0 aliphatic heterocycles. The molecule has 0 spiro atoms. The van der Waals surface area contributed by atoms with Gasteiger partial charge in [0.15, 0.2) is 0 Å². The summed E-state index contributed by atoms with van der Waals surface area (Å²) in [6.07, 6.45) is 2.02. The van der Waals surface area contributed by atoms with Crippen molar-refractivity contribution in [1.29, 1.82) is 0 Å². The molecule has 1 rings (SSSR count). The number of hydrogen-bond acceptors (Lipinski definition) is 1. The van der Waals surface area contributed by atoms with Gasteiger partial charge in [0.25, 0.3) is 0 Å². The van der Waals surface area contributed by atoms with Gasteiger partial charge in [-0.05, 0) is 18.1 Å². The third kappa shape index (κ3) is 5.15. The summed E-state index contributed by atoms with van der Waals surface area (Å²) >= 11 is 0. The van der Waals surface area contributed by atoms with Crippen LogP contribution >= 0.6 is 0 Å². The van der Waals surface area contributed by atoms with Gasteiger partial charge in [0, 0.05) is 6.42 Å². The zero-order valence-electron chi connectivity index (χ0n) is 11.0. The number of furan rings is 1. The average Bonchev–Trinajstić information content (AvgIpc) is 2.72. The molecule has 0 saturated carbocycles. The van der Waals surface area contributed by atoms with Crippen molar-refractivity contribution in [3.63, 3.8) is 0 Å². The van der Waals surface area contributed by atoms with Gasteiger partial charge in [0.2, 0.25) is 5.76 Å². The lowest BCUT2D eigenvalue weighted by Gasteiger charge is -2.09. The first-order valence-electron chi connectivity index (χ1n) is 6.59. The highest BCUT2D eigenvalue weighted by Crippen LogP contribution is 2.31. The number of halogens is 3. The van der Waals surface area contributed by atoms with Crippen molar-refractivity contribution in [3.05, 3.63) is 23.7 Å². The van der Waals surface area contributed by atoms with Crippen molar-refractivity contribution < 1.29 is 17.6 Å². The lowest BCUT2D eigenvalue weighted by atomic mass is 9.98. The fourth-order valence-corrected chi connectivity index (χ4v) is 2.01. The Bertz CT molecular complexity index is 341. The molecule has 0 aliphatic carbocycles. The number of hydrogen-bond donors (Lipinski definition) is 0. The van der Waals surface area contributed by atoms with E-state index in [0.717, 1.165) is 18.9 Å². The number of rotatable bonds is 7. The summed E-state index contributed by atoms with van der Waals surface area (Å²) in [7, 11) is 0. The van der Waals surface area contributed by atoms with Crippen LogP contribution in [0.2, 0.25) is 0 Å². The van der Waals surface area contributed by atoms with Crippen molar-refractivity contribution in [2.24, 2.45) is 5.92 Å². The monoisotopic (exact) mass is 262 g/mol. The predicted octanol–water partition coefficient (Wildman–Crippen LogP) is 5.45. The van der Waals surface area contributed by atoms with Crippen LogP contribution in [-0.2, 0) is 12.6 Å². The maximum Gasteiger partial charge on any atom is 0.449 e. The average molecular weight is 262 g/mol. The minimum atomic E-state index is -4.37. The molecule has 0 saturated heterocycles. The highest BCUT2D eigenvalue weighted by atomic mass is 19.4. The Balaban J connectivity index is 2.35. The van der Waals surface area contributed by atoms with Crippen LogP contribution in [0.5, 0.6) is 0 Å². The minimum absolute atomic E-state index is 0.370. The van der Waals surface area contributed by atoms with E-state index in [2.05, 4.69) is 13.8 Å². The van der Waals surface area contributed by atoms with E-state index in [-0.39, 0.29) is 0 Å². The molecule has 1 unspecified atom stereocenters. The second kappa shape index (κ2) is 6.86. The van der Waals surface area contributed by atoms with Gasteiger partial charge >= 0.3 is 6.18 Å². The Kier molecular flexibility index (Phi) is 5.76. The van der Waals surface area contributed by atoms with Gasteiger partial charge in [-0.1, -0.05) is 46.0 Å². The zero-order valence-corrected chi connectivity index (χ0v) is 11.0. The molecular formula is C14H21F3O. The van der Waals surface area contributed by atoms with E-state index < -0.39 is 11.9 Å². The van der Waals surface area contributed by atoms with Crippen LogP contribution in [0.25, 0.3) is 0 Å². The van der Waals surface area contributed by atoms with E-state index in [1.165, 1.54) is 25.3 Å². The standard InChI is InChI=1S/C14H21F3O/c1-3-4-5-6-7-11(2)10-12-8-9-13(18-12)14(15,16)17/h8-9,11H,3-7,10H2,1-2H3.